The zero-order valence-corrected chi connectivity index (χ0v) is 18.9. The number of aromatic nitrogens is 2. The van der Waals surface area contributed by atoms with Gasteiger partial charge >= 0.3 is 6.03 Å². The number of fused-ring (bicyclic) bond motifs is 1. The molecular formula is C22H28N6O2S. The highest BCUT2D eigenvalue weighted by atomic mass is 32.2. The second-order valence-corrected chi connectivity index (χ2v) is 10.5. The Hall–Kier alpha value is -2.70. The fraction of sp³-hybridized carbons (Fsp3) is 0.500. The molecule has 2 unspecified atom stereocenters. The zero-order valence-electron chi connectivity index (χ0n) is 18.1. The lowest BCUT2D eigenvalue weighted by molar-refractivity contribution is 0.260. The largest absolute Gasteiger partial charge is 0.354 e. The van der Waals surface area contributed by atoms with Crippen molar-refractivity contribution in [3.05, 3.63) is 40.6 Å². The van der Waals surface area contributed by atoms with E-state index in [0.717, 1.165) is 36.1 Å². The van der Waals surface area contributed by atoms with Gasteiger partial charge in [-0.05, 0) is 74.5 Å². The number of rotatable bonds is 5. The smallest absolute Gasteiger partial charge is 0.305 e. The summed E-state index contributed by atoms with van der Waals surface area (Å²) in [5, 5.41) is 22.2. The van der Waals surface area contributed by atoms with Gasteiger partial charge in [-0.25, -0.2) is 14.1 Å². The maximum atomic E-state index is 13.1. The standard InChI is InChI=1S/C22H28N6O2S/c1-13(2)28-12-17(11-23)21(26-28)31(24,30)27-22(29)25-20-18(14(3)15-7-8-15)10-9-16-5-4-6-19(16)20/h9-10,12-15H,4-8H2,1-3H3,(H3,24,25,27,29,30). The Morgan fingerprint density at radius 2 is 2.10 bits per heavy atom. The average Bonchev–Trinajstić information content (AvgIpc) is 3.26. The van der Waals surface area contributed by atoms with Crippen LogP contribution in [0.1, 0.15) is 74.2 Å². The summed E-state index contributed by atoms with van der Waals surface area (Å²) >= 11 is 0. The van der Waals surface area contributed by atoms with E-state index in [1.54, 1.807) is 0 Å². The number of anilines is 1. The van der Waals surface area contributed by atoms with E-state index >= 15 is 0 Å². The first-order valence-electron chi connectivity index (χ1n) is 10.7. The summed E-state index contributed by atoms with van der Waals surface area (Å²) in [6.07, 6.45) is 6.79. The fourth-order valence-electron chi connectivity index (χ4n) is 4.29. The molecule has 1 fully saturated rings. The van der Waals surface area contributed by atoms with Crippen LogP contribution in [0.15, 0.2) is 27.7 Å². The Morgan fingerprint density at radius 3 is 2.74 bits per heavy atom. The molecule has 0 spiro atoms. The number of carbonyl (C=O) groups is 1. The van der Waals surface area contributed by atoms with Gasteiger partial charge in [0.15, 0.2) is 14.9 Å². The molecule has 1 saturated carbocycles. The van der Waals surface area contributed by atoms with Crippen LogP contribution in [0.5, 0.6) is 0 Å². The normalized spacial score (nSPS) is 18.2. The third-order valence-electron chi connectivity index (χ3n) is 6.21. The van der Waals surface area contributed by atoms with Crippen molar-refractivity contribution < 1.29 is 9.00 Å². The van der Waals surface area contributed by atoms with Crippen LogP contribution in [0.2, 0.25) is 0 Å². The van der Waals surface area contributed by atoms with E-state index in [4.69, 9.17) is 5.14 Å². The minimum Gasteiger partial charge on any atom is -0.305 e. The van der Waals surface area contributed by atoms with Crippen molar-refractivity contribution in [2.75, 3.05) is 5.32 Å². The molecule has 0 saturated heterocycles. The Morgan fingerprint density at radius 1 is 1.35 bits per heavy atom. The number of benzene rings is 1. The van der Waals surface area contributed by atoms with Crippen molar-refractivity contribution in [3.63, 3.8) is 0 Å². The van der Waals surface area contributed by atoms with E-state index in [1.807, 2.05) is 19.9 Å². The molecule has 0 bridgehead atoms. The van der Waals surface area contributed by atoms with E-state index in [1.165, 1.54) is 29.3 Å². The zero-order chi connectivity index (χ0) is 22.3. The SMILES string of the molecule is CC(c1ccc2c(c1NC(=O)N=S(N)(=O)c1nn(C(C)C)cc1C#N)CCC2)C1CC1. The predicted octanol–water partition coefficient (Wildman–Crippen LogP) is 4.27. The molecule has 2 aliphatic carbocycles. The van der Waals surface area contributed by atoms with Crippen LogP contribution < -0.4 is 10.5 Å². The number of carbonyl (C=O) groups excluding carboxylic acids is 1. The van der Waals surface area contributed by atoms with Gasteiger partial charge in [-0.3, -0.25) is 4.68 Å². The first-order valence-corrected chi connectivity index (χ1v) is 12.3. The Bertz CT molecular complexity index is 1200. The van der Waals surface area contributed by atoms with Gasteiger partial charge in [-0.15, -0.1) is 4.36 Å². The van der Waals surface area contributed by atoms with Gasteiger partial charge in [-0.2, -0.15) is 10.4 Å². The molecule has 8 nitrogen and oxygen atoms in total. The lowest BCUT2D eigenvalue weighted by Gasteiger charge is -2.19. The molecule has 0 radical (unpaired) electrons. The fourth-order valence-corrected chi connectivity index (χ4v) is 5.29. The Kier molecular flexibility index (Phi) is 5.62. The van der Waals surface area contributed by atoms with Gasteiger partial charge in [0.05, 0.1) is 0 Å². The van der Waals surface area contributed by atoms with Crippen LogP contribution in [0.25, 0.3) is 0 Å². The van der Waals surface area contributed by atoms with Crippen LogP contribution in [0.4, 0.5) is 10.5 Å². The first-order chi connectivity index (χ1) is 14.7. The summed E-state index contributed by atoms with van der Waals surface area (Å²) in [6, 6.07) is 5.37. The van der Waals surface area contributed by atoms with E-state index in [0.29, 0.717) is 11.8 Å². The summed E-state index contributed by atoms with van der Waals surface area (Å²) in [4.78, 5) is 12.8. The molecular weight excluding hydrogens is 412 g/mol. The van der Waals surface area contributed by atoms with E-state index in [2.05, 4.69) is 33.8 Å². The average molecular weight is 441 g/mol. The van der Waals surface area contributed by atoms with E-state index in [9.17, 15) is 14.3 Å². The summed E-state index contributed by atoms with van der Waals surface area (Å²) in [6.45, 7) is 5.93. The number of nitriles is 1. The highest BCUT2D eigenvalue weighted by Gasteiger charge is 2.32. The molecule has 2 aromatic rings. The highest BCUT2D eigenvalue weighted by Crippen LogP contribution is 2.46. The lowest BCUT2D eigenvalue weighted by Crippen LogP contribution is -2.20. The van der Waals surface area contributed by atoms with Crippen LogP contribution in [-0.2, 0) is 22.8 Å². The molecule has 2 aliphatic rings. The third kappa shape index (κ3) is 4.23. The minimum absolute atomic E-state index is 0.0525. The summed E-state index contributed by atoms with van der Waals surface area (Å²) in [5.74, 6) is 0.958. The maximum Gasteiger partial charge on any atom is 0.354 e. The summed E-state index contributed by atoms with van der Waals surface area (Å²) in [5.41, 5.74) is 4.31. The molecule has 4 rings (SSSR count). The van der Waals surface area contributed by atoms with Crippen LogP contribution in [-0.4, -0.2) is 20.0 Å². The second kappa shape index (κ2) is 8.09. The Balaban J connectivity index is 1.69. The molecule has 2 atom stereocenters. The van der Waals surface area contributed by atoms with Gasteiger partial charge in [0.1, 0.15) is 11.6 Å². The second-order valence-electron chi connectivity index (χ2n) is 8.77. The van der Waals surface area contributed by atoms with Gasteiger partial charge in [0.25, 0.3) is 0 Å². The van der Waals surface area contributed by atoms with E-state index in [-0.39, 0.29) is 16.6 Å². The number of nitrogens with one attached hydrogen (secondary N) is 1. The van der Waals surface area contributed by atoms with Crippen LogP contribution >= 0.6 is 0 Å². The van der Waals surface area contributed by atoms with Gasteiger partial charge < -0.3 is 5.32 Å². The molecule has 1 aromatic heterocycles. The molecule has 2 amide bonds. The summed E-state index contributed by atoms with van der Waals surface area (Å²) in [7, 11) is -3.68. The molecule has 164 valence electrons. The number of urea groups is 1. The van der Waals surface area contributed by atoms with Crippen molar-refractivity contribution in [1.82, 2.24) is 9.78 Å². The molecule has 3 N–H and O–H groups in total. The van der Waals surface area contributed by atoms with E-state index < -0.39 is 15.9 Å². The number of nitrogens with two attached hydrogens (primary N) is 1. The molecule has 1 aromatic carbocycles. The van der Waals surface area contributed by atoms with Crippen LogP contribution in [0.3, 0.4) is 0 Å². The van der Waals surface area contributed by atoms with Gasteiger partial charge in [-0.1, -0.05) is 19.1 Å². The number of hydrogen-bond donors (Lipinski definition) is 2. The molecule has 1 heterocycles. The predicted molar refractivity (Wildman–Crippen MR) is 119 cm³/mol. The van der Waals surface area contributed by atoms with Crippen molar-refractivity contribution in [2.24, 2.45) is 15.4 Å². The van der Waals surface area contributed by atoms with Crippen molar-refractivity contribution in [3.8, 4) is 6.07 Å². The first kappa shape index (κ1) is 21.5. The van der Waals surface area contributed by atoms with Gasteiger partial charge in [0.2, 0.25) is 0 Å². The lowest BCUT2D eigenvalue weighted by atomic mass is 9.91. The van der Waals surface area contributed by atoms with Crippen molar-refractivity contribution in [1.29, 1.82) is 5.26 Å². The quantitative estimate of drug-likeness (QED) is 0.720. The molecule has 0 aliphatic heterocycles. The minimum atomic E-state index is -3.68. The highest BCUT2D eigenvalue weighted by molar-refractivity contribution is 7.91. The van der Waals surface area contributed by atoms with Crippen LogP contribution in [0, 0.1) is 17.2 Å². The molecule has 9 heteroatoms. The molecule has 31 heavy (non-hydrogen) atoms. The number of hydrogen-bond acceptors (Lipinski definition) is 4. The Labute approximate surface area is 183 Å². The van der Waals surface area contributed by atoms with Crippen molar-refractivity contribution >= 4 is 21.6 Å². The van der Waals surface area contributed by atoms with Gasteiger partial charge in [0, 0.05) is 17.9 Å². The monoisotopic (exact) mass is 440 g/mol. The van der Waals surface area contributed by atoms with Crippen molar-refractivity contribution in [2.45, 2.75) is 69.9 Å². The summed E-state index contributed by atoms with van der Waals surface area (Å²) < 4.78 is 18.4. The number of nitrogens with zero attached hydrogens (tertiary/aromatic N) is 4. The third-order valence-corrected chi connectivity index (χ3v) is 7.50. The number of amides is 2. The number of aryl methyl sites for hydroxylation is 1. The maximum absolute atomic E-state index is 13.1. The topological polar surface area (TPSA) is 126 Å².